The summed E-state index contributed by atoms with van der Waals surface area (Å²) >= 11 is 0. The van der Waals surface area contributed by atoms with Crippen LogP contribution in [0.5, 0.6) is 5.75 Å². The van der Waals surface area contributed by atoms with Crippen LogP contribution in [0.2, 0.25) is 0 Å². The molecule has 1 unspecified atom stereocenters. The van der Waals surface area contributed by atoms with Gasteiger partial charge in [-0.1, -0.05) is 18.2 Å². The van der Waals surface area contributed by atoms with Crippen molar-refractivity contribution in [3.63, 3.8) is 0 Å². The Bertz CT molecular complexity index is 477. The Balaban J connectivity index is 1.81. The summed E-state index contributed by atoms with van der Waals surface area (Å²) in [6.45, 7) is 6.49. The summed E-state index contributed by atoms with van der Waals surface area (Å²) in [5, 5.41) is 3.37. The smallest absolute Gasteiger partial charge is 0.193 e. The number of ether oxygens (including phenoxy) is 1. The fourth-order valence-corrected chi connectivity index (χ4v) is 2.79. The Morgan fingerprint density at radius 3 is 2.83 bits per heavy atom. The molecule has 1 aromatic carbocycles. The first-order chi connectivity index (χ1) is 11.2. The highest BCUT2D eigenvalue weighted by Gasteiger charge is 2.20. The first-order valence-corrected chi connectivity index (χ1v) is 8.58. The summed E-state index contributed by atoms with van der Waals surface area (Å²) in [5.41, 5.74) is 0. The molecule has 1 atom stereocenters. The van der Waals surface area contributed by atoms with Crippen LogP contribution in [0.3, 0.4) is 0 Å². The maximum Gasteiger partial charge on any atom is 0.193 e. The molecule has 0 radical (unpaired) electrons. The quantitative estimate of drug-likeness (QED) is 0.617. The molecule has 1 aromatic rings. The minimum absolute atomic E-state index is 0.581. The van der Waals surface area contributed by atoms with E-state index in [2.05, 4.69) is 36.1 Å². The second kappa shape index (κ2) is 9.40. The van der Waals surface area contributed by atoms with Crippen molar-refractivity contribution in [2.24, 2.45) is 4.99 Å². The van der Waals surface area contributed by atoms with E-state index >= 15 is 0 Å². The van der Waals surface area contributed by atoms with Crippen LogP contribution >= 0.6 is 0 Å². The number of likely N-dealkylation sites (N-methyl/N-ethyl adjacent to an activating group) is 2. The molecule has 23 heavy (non-hydrogen) atoms. The number of guanidine groups is 1. The highest BCUT2D eigenvalue weighted by Crippen LogP contribution is 2.14. The van der Waals surface area contributed by atoms with E-state index in [9.17, 15) is 0 Å². The van der Waals surface area contributed by atoms with Gasteiger partial charge in [0.15, 0.2) is 5.96 Å². The van der Waals surface area contributed by atoms with E-state index in [0.29, 0.717) is 12.6 Å². The van der Waals surface area contributed by atoms with Gasteiger partial charge in [0.25, 0.3) is 0 Å². The van der Waals surface area contributed by atoms with Crippen LogP contribution in [0, 0.1) is 0 Å². The molecular weight excluding hydrogens is 288 g/mol. The average Bonchev–Trinajstić information content (AvgIpc) is 2.97. The normalized spacial score (nSPS) is 18.9. The average molecular weight is 318 g/mol. The summed E-state index contributed by atoms with van der Waals surface area (Å²) in [7, 11) is 4.26. The van der Waals surface area contributed by atoms with Crippen molar-refractivity contribution in [3.8, 4) is 5.75 Å². The molecule has 1 saturated heterocycles. The molecule has 1 aliphatic rings. The third-order valence-electron chi connectivity index (χ3n) is 4.26. The Hall–Kier alpha value is -1.75. The maximum atomic E-state index is 5.77. The minimum atomic E-state index is 0.581. The van der Waals surface area contributed by atoms with Gasteiger partial charge < -0.3 is 19.9 Å². The monoisotopic (exact) mass is 318 g/mol. The van der Waals surface area contributed by atoms with E-state index in [-0.39, 0.29) is 0 Å². The number of nitrogens with one attached hydrogen (secondary N) is 1. The minimum Gasteiger partial charge on any atom is -0.492 e. The number of para-hydroxylation sites is 1. The van der Waals surface area contributed by atoms with Gasteiger partial charge in [0.2, 0.25) is 0 Å². The predicted molar refractivity (Wildman–Crippen MR) is 96.2 cm³/mol. The van der Waals surface area contributed by atoms with Crippen LogP contribution in [0.25, 0.3) is 0 Å². The molecule has 0 aliphatic carbocycles. The van der Waals surface area contributed by atoms with Gasteiger partial charge in [-0.25, -0.2) is 0 Å². The second-order valence-corrected chi connectivity index (χ2v) is 6.05. The van der Waals surface area contributed by atoms with E-state index < -0.39 is 0 Å². The van der Waals surface area contributed by atoms with E-state index in [1.807, 2.05) is 30.3 Å². The standard InChI is InChI=1S/C18H30N4O/c1-4-19-18(20-15-16-9-8-12-21(16)2)22(3)13-14-23-17-10-6-5-7-11-17/h5-7,10-11,16H,4,8-9,12-15H2,1-3H3,(H,19,20). The fourth-order valence-electron chi connectivity index (χ4n) is 2.79. The van der Waals surface area contributed by atoms with Crippen molar-refractivity contribution in [2.45, 2.75) is 25.8 Å². The molecule has 0 bridgehead atoms. The van der Waals surface area contributed by atoms with Crippen molar-refractivity contribution in [1.29, 1.82) is 0 Å². The number of hydrogen-bond acceptors (Lipinski definition) is 3. The third kappa shape index (κ3) is 5.75. The van der Waals surface area contributed by atoms with Crippen LogP contribution in [-0.4, -0.2) is 68.7 Å². The Morgan fingerprint density at radius 1 is 1.39 bits per heavy atom. The molecule has 2 rings (SSSR count). The molecule has 1 aliphatic heterocycles. The second-order valence-electron chi connectivity index (χ2n) is 6.05. The molecular formula is C18H30N4O. The van der Waals surface area contributed by atoms with E-state index in [1.165, 1.54) is 19.4 Å². The highest BCUT2D eigenvalue weighted by atomic mass is 16.5. The van der Waals surface area contributed by atoms with Crippen molar-refractivity contribution in [2.75, 3.05) is 46.9 Å². The number of likely N-dealkylation sites (tertiary alicyclic amines) is 1. The van der Waals surface area contributed by atoms with Crippen molar-refractivity contribution < 1.29 is 4.74 Å². The van der Waals surface area contributed by atoms with Gasteiger partial charge in [-0.3, -0.25) is 4.99 Å². The topological polar surface area (TPSA) is 40.1 Å². The van der Waals surface area contributed by atoms with E-state index in [0.717, 1.165) is 31.3 Å². The number of benzene rings is 1. The molecule has 5 heteroatoms. The summed E-state index contributed by atoms with van der Waals surface area (Å²) in [6, 6.07) is 10.5. The predicted octanol–water partition coefficient (Wildman–Crippen LogP) is 2.06. The first kappa shape index (κ1) is 17.6. The lowest BCUT2D eigenvalue weighted by Crippen LogP contribution is -2.41. The fraction of sp³-hybridized carbons (Fsp3) is 0.611. The Morgan fingerprint density at radius 2 is 2.17 bits per heavy atom. The Labute approximate surface area is 140 Å². The summed E-state index contributed by atoms with van der Waals surface area (Å²) < 4.78 is 5.77. The van der Waals surface area contributed by atoms with Gasteiger partial charge in [0.1, 0.15) is 12.4 Å². The van der Waals surface area contributed by atoms with Crippen LogP contribution < -0.4 is 10.1 Å². The molecule has 0 aromatic heterocycles. The largest absolute Gasteiger partial charge is 0.492 e. The maximum absolute atomic E-state index is 5.77. The zero-order chi connectivity index (χ0) is 16.5. The molecule has 0 saturated carbocycles. The highest BCUT2D eigenvalue weighted by molar-refractivity contribution is 5.79. The molecule has 128 valence electrons. The molecule has 5 nitrogen and oxygen atoms in total. The van der Waals surface area contributed by atoms with Gasteiger partial charge in [-0.05, 0) is 45.5 Å². The van der Waals surface area contributed by atoms with Crippen molar-refractivity contribution in [3.05, 3.63) is 30.3 Å². The van der Waals surface area contributed by atoms with Crippen LogP contribution in [0.4, 0.5) is 0 Å². The lowest BCUT2D eigenvalue weighted by atomic mass is 10.2. The lowest BCUT2D eigenvalue weighted by molar-refractivity contribution is 0.280. The van der Waals surface area contributed by atoms with Crippen molar-refractivity contribution in [1.82, 2.24) is 15.1 Å². The third-order valence-corrected chi connectivity index (χ3v) is 4.26. The number of aliphatic imine (C=N–C) groups is 1. The van der Waals surface area contributed by atoms with Gasteiger partial charge in [0.05, 0.1) is 13.1 Å². The number of nitrogens with zero attached hydrogens (tertiary/aromatic N) is 3. The molecule has 1 fully saturated rings. The lowest BCUT2D eigenvalue weighted by Gasteiger charge is -2.24. The van der Waals surface area contributed by atoms with E-state index in [4.69, 9.17) is 9.73 Å². The molecule has 0 amide bonds. The number of rotatable bonds is 7. The first-order valence-electron chi connectivity index (χ1n) is 8.58. The van der Waals surface area contributed by atoms with E-state index in [1.54, 1.807) is 0 Å². The molecule has 1 heterocycles. The molecule has 1 N–H and O–H groups in total. The van der Waals surface area contributed by atoms with Crippen molar-refractivity contribution >= 4 is 5.96 Å². The van der Waals surface area contributed by atoms with Gasteiger partial charge in [-0.15, -0.1) is 0 Å². The SMILES string of the molecule is CCNC(=NCC1CCCN1C)N(C)CCOc1ccccc1. The zero-order valence-corrected chi connectivity index (χ0v) is 14.7. The molecule has 0 spiro atoms. The van der Waals surface area contributed by atoms with Crippen LogP contribution in [0.1, 0.15) is 19.8 Å². The van der Waals surface area contributed by atoms with Crippen LogP contribution in [0.15, 0.2) is 35.3 Å². The summed E-state index contributed by atoms with van der Waals surface area (Å²) in [4.78, 5) is 9.35. The number of hydrogen-bond donors (Lipinski definition) is 1. The van der Waals surface area contributed by atoms with Gasteiger partial charge in [0, 0.05) is 19.6 Å². The Kier molecular flexibility index (Phi) is 7.20. The summed E-state index contributed by atoms with van der Waals surface area (Å²) in [5.74, 6) is 1.87. The van der Waals surface area contributed by atoms with Gasteiger partial charge in [-0.2, -0.15) is 0 Å². The summed E-state index contributed by atoms with van der Waals surface area (Å²) in [6.07, 6.45) is 2.54. The van der Waals surface area contributed by atoms with Gasteiger partial charge >= 0.3 is 0 Å². The zero-order valence-electron chi connectivity index (χ0n) is 14.7. The van der Waals surface area contributed by atoms with Crippen LogP contribution in [-0.2, 0) is 0 Å².